The lowest BCUT2D eigenvalue weighted by molar-refractivity contribution is -0.0526. The second-order valence-electron chi connectivity index (χ2n) is 11.5. The number of likely N-dealkylation sites (tertiary alicyclic amines) is 1. The first-order chi connectivity index (χ1) is 22.8. The summed E-state index contributed by atoms with van der Waals surface area (Å²) >= 11 is 0. The minimum absolute atomic E-state index is 0.0117. The summed E-state index contributed by atoms with van der Waals surface area (Å²) in [4.78, 5) is 31.5. The zero-order valence-corrected chi connectivity index (χ0v) is 25.5. The highest BCUT2D eigenvalue weighted by molar-refractivity contribution is 6.09. The number of alkyl halides is 4. The van der Waals surface area contributed by atoms with Crippen LogP contribution in [0.3, 0.4) is 0 Å². The number of benzene rings is 1. The summed E-state index contributed by atoms with van der Waals surface area (Å²) in [5.41, 5.74) is -0.675. The Bertz CT molecular complexity index is 1950. The number of ether oxygens (including phenoxy) is 3. The van der Waals surface area contributed by atoms with Crippen molar-refractivity contribution in [3.63, 3.8) is 0 Å². The van der Waals surface area contributed by atoms with Gasteiger partial charge in [0.05, 0.1) is 23.5 Å². The van der Waals surface area contributed by atoms with Crippen LogP contribution in [-0.2, 0) is 11.3 Å². The van der Waals surface area contributed by atoms with Gasteiger partial charge < -0.3 is 24.4 Å². The molecule has 0 unspecified atom stereocenters. The zero-order chi connectivity index (χ0) is 34.2. The van der Waals surface area contributed by atoms with Crippen LogP contribution in [0.4, 0.5) is 28.0 Å². The maximum Gasteiger partial charge on any atom is 0.410 e. The van der Waals surface area contributed by atoms with Crippen molar-refractivity contribution in [1.82, 2.24) is 49.5 Å². The lowest BCUT2D eigenvalue weighted by Gasteiger charge is -2.39. The molecule has 16 nitrogen and oxygen atoms in total. The van der Waals surface area contributed by atoms with Crippen LogP contribution >= 0.6 is 0 Å². The van der Waals surface area contributed by atoms with Crippen LogP contribution in [0.25, 0.3) is 16.9 Å². The van der Waals surface area contributed by atoms with Gasteiger partial charge in [0.25, 0.3) is 5.91 Å². The van der Waals surface area contributed by atoms with E-state index in [1.54, 1.807) is 33.0 Å². The third-order valence-electron chi connectivity index (χ3n) is 6.91. The number of amides is 2. The number of rotatable bonds is 10. The largest absolute Gasteiger partial charge is 0.444 e. The first kappa shape index (κ1) is 32.1. The van der Waals surface area contributed by atoms with Crippen LogP contribution < -0.4 is 14.8 Å². The molecule has 0 spiro atoms. The highest BCUT2D eigenvalue weighted by atomic mass is 19.3. The molecule has 2 amide bonds. The minimum atomic E-state index is -3.28. The van der Waals surface area contributed by atoms with Gasteiger partial charge in [-0.05, 0) is 55.5 Å². The Morgan fingerprint density at radius 3 is 2.60 bits per heavy atom. The molecule has 252 valence electrons. The molecule has 4 aromatic heterocycles. The van der Waals surface area contributed by atoms with E-state index in [4.69, 9.17) is 4.74 Å². The van der Waals surface area contributed by atoms with Gasteiger partial charge in [-0.3, -0.25) is 9.48 Å². The van der Waals surface area contributed by atoms with E-state index in [0.717, 1.165) is 18.2 Å². The minimum Gasteiger partial charge on any atom is -0.444 e. The van der Waals surface area contributed by atoms with Crippen LogP contribution in [-0.4, -0.2) is 93.4 Å². The monoisotopic (exact) mass is 673 g/mol. The van der Waals surface area contributed by atoms with Gasteiger partial charge in [-0.1, -0.05) is 0 Å². The van der Waals surface area contributed by atoms with E-state index >= 15 is 0 Å². The van der Waals surface area contributed by atoms with Crippen LogP contribution in [0.5, 0.6) is 11.5 Å². The van der Waals surface area contributed by atoms with Crippen LogP contribution in [0.2, 0.25) is 0 Å². The molecule has 1 fully saturated rings. The molecule has 0 saturated carbocycles. The molecule has 5 heterocycles. The van der Waals surface area contributed by atoms with Crippen molar-refractivity contribution in [3.05, 3.63) is 60.4 Å². The highest BCUT2D eigenvalue weighted by Crippen LogP contribution is 2.38. The molecule has 0 bridgehead atoms. The SMILES string of the molecule is CC(C)(C)OC(=O)N1CC(n2nnnc2Cn2cc(NC(=O)c3cnn4cccnc34)c(-c3cc(OC(F)F)ccc3OC(F)F)n2)C1. The van der Waals surface area contributed by atoms with Crippen LogP contribution in [0.1, 0.15) is 43.0 Å². The van der Waals surface area contributed by atoms with Crippen molar-refractivity contribution in [2.24, 2.45) is 0 Å². The molecule has 1 saturated heterocycles. The van der Waals surface area contributed by atoms with Gasteiger partial charge in [0.15, 0.2) is 11.5 Å². The van der Waals surface area contributed by atoms with Crippen molar-refractivity contribution in [2.75, 3.05) is 18.4 Å². The average Bonchev–Trinajstić information content (AvgIpc) is 3.71. The van der Waals surface area contributed by atoms with E-state index in [-0.39, 0.29) is 59.6 Å². The van der Waals surface area contributed by atoms with E-state index in [1.807, 2.05) is 0 Å². The molecule has 6 rings (SSSR count). The van der Waals surface area contributed by atoms with Crippen molar-refractivity contribution >= 4 is 23.3 Å². The van der Waals surface area contributed by atoms with E-state index in [0.29, 0.717) is 5.82 Å². The Kier molecular flexibility index (Phi) is 8.54. The molecule has 48 heavy (non-hydrogen) atoms. The molecule has 1 aliphatic rings. The number of hydrogen-bond acceptors (Lipinski definition) is 11. The van der Waals surface area contributed by atoms with Crippen molar-refractivity contribution in [3.8, 4) is 22.8 Å². The number of fused-ring (bicyclic) bond motifs is 1. The molecule has 5 aromatic rings. The summed E-state index contributed by atoms with van der Waals surface area (Å²) in [5.74, 6) is -1.17. The maximum atomic E-state index is 13.4. The summed E-state index contributed by atoms with van der Waals surface area (Å²) < 4.78 is 71.7. The van der Waals surface area contributed by atoms with Crippen LogP contribution in [0.15, 0.2) is 49.1 Å². The summed E-state index contributed by atoms with van der Waals surface area (Å²) in [6.07, 6.45) is 5.25. The Balaban J connectivity index is 1.33. The van der Waals surface area contributed by atoms with E-state index in [2.05, 4.69) is 45.5 Å². The Morgan fingerprint density at radius 1 is 1.10 bits per heavy atom. The lowest BCUT2D eigenvalue weighted by Crippen LogP contribution is -2.52. The standard InChI is InChI=1S/C28H27F4N11O5/c1-28(2,3)48-27(45)40-11-15(12-40)43-21(36-38-39-43)14-41-13-19(35-24(44)18-10-34-42-8-4-7-33-23(18)42)22(37-41)17-9-16(46-25(29)30)5-6-20(17)47-26(31)32/h4-10,13,15,25-26H,11-12,14H2,1-3H3,(H,35,44). The van der Waals surface area contributed by atoms with Gasteiger partial charge in [0, 0.05) is 31.7 Å². The number of tetrazole rings is 1. The fourth-order valence-corrected chi connectivity index (χ4v) is 4.87. The van der Waals surface area contributed by atoms with Gasteiger partial charge >= 0.3 is 19.3 Å². The third kappa shape index (κ3) is 6.95. The van der Waals surface area contributed by atoms with Gasteiger partial charge in [-0.2, -0.15) is 27.8 Å². The lowest BCUT2D eigenvalue weighted by atomic mass is 10.1. The highest BCUT2D eigenvalue weighted by Gasteiger charge is 2.37. The summed E-state index contributed by atoms with van der Waals surface area (Å²) in [6, 6.07) is 4.42. The van der Waals surface area contributed by atoms with Crippen molar-refractivity contribution < 1.29 is 41.4 Å². The quantitative estimate of drug-likeness (QED) is 0.214. The summed E-state index contributed by atoms with van der Waals surface area (Å²) in [5, 5.41) is 23.1. The fourth-order valence-electron chi connectivity index (χ4n) is 4.87. The topological polar surface area (TPSA) is 169 Å². The molecule has 0 atom stereocenters. The first-order valence-corrected chi connectivity index (χ1v) is 14.3. The van der Waals surface area contributed by atoms with E-state index in [1.165, 1.54) is 37.4 Å². The number of carbonyl (C=O) groups is 2. The predicted octanol–water partition coefficient (Wildman–Crippen LogP) is 3.87. The molecule has 0 aliphatic carbocycles. The number of halogens is 4. The number of anilines is 1. The molecule has 1 aromatic carbocycles. The summed E-state index contributed by atoms with van der Waals surface area (Å²) in [6.45, 7) is -0.744. The van der Waals surface area contributed by atoms with Crippen molar-refractivity contribution in [1.29, 1.82) is 0 Å². The number of nitrogens with zero attached hydrogens (tertiary/aromatic N) is 10. The average molecular weight is 674 g/mol. The number of hydrogen-bond donors (Lipinski definition) is 1. The van der Waals surface area contributed by atoms with Gasteiger partial charge in [-0.15, -0.1) is 5.10 Å². The molecular formula is C28H27F4N11O5. The van der Waals surface area contributed by atoms with Gasteiger partial charge in [0.2, 0.25) is 0 Å². The van der Waals surface area contributed by atoms with E-state index < -0.39 is 36.6 Å². The molecule has 20 heteroatoms. The molecular weight excluding hydrogens is 646 g/mol. The number of aromatic nitrogens is 9. The Hall–Kier alpha value is -5.82. The normalized spacial score (nSPS) is 13.6. The summed E-state index contributed by atoms with van der Waals surface area (Å²) in [7, 11) is 0. The molecule has 1 N–H and O–H groups in total. The van der Waals surface area contributed by atoms with Gasteiger partial charge in [0.1, 0.15) is 34.9 Å². The third-order valence-corrected chi connectivity index (χ3v) is 6.91. The molecule has 0 radical (unpaired) electrons. The second kappa shape index (κ2) is 12.8. The zero-order valence-electron chi connectivity index (χ0n) is 25.5. The number of carbonyl (C=O) groups excluding carboxylic acids is 2. The first-order valence-electron chi connectivity index (χ1n) is 14.3. The smallest absolute Gasteiger partial charge is 0.410 e. The second-order valence-corrected chi connectivity index (χ2v) is 11.5. The maximum absolute atomic E-state index is 13.4. The molecule has 1 aliphatic heterocycles. The fraction of sp³-hybridized carbons (Fsp3) is 0.357. The predicted molar refractivity (Wildman–Crippen MR) is 156 cm³/mol. The van der Waals surface area contributed by atoms with Crippen molar-refractivity contribution in [2.45, 2.75) is 52.2 Å². The van der Waals surface area contributed by atoms with E-state index in [9.17, 15) is 27.2 Å². The Labute approximate surface area is 268 Å². The Morgan fingerprint density at radius 2 is 1.88 bits per heavy atom. The number of nitrogens with one attached hydrogen (secondary N) is 1. The van der Waals surface area contributed by atoms with Gasteiger partial charge in [-0.25, -0.2) is 19.0 Å². The van der Waals surface area contributed by atoms with Crippen LogP contribution in [0, 0.1) is 0 Å².